The molecule has 0 spiro atoms. The summed E-state index contributed by atoms with van der Waals surface area (Å²) in [4.78, 5) is 10.5. The molecule has 0 radical (unpaired) electrons. The van der Waals surface area contributed by atoms with Gasteiger partial charge in [-0.25, -0.2) is 0 Å². The molecule has 0 amide bonds. The molecule has 0 saturated heterocycles. The van der Waals surface area contributed by atoms with E-state index in [1.165, 1.54) is 5.56 Å². The molecule has 2 rings (SSSR count). The van der Waals surface area contributed by atoms with E-state index >= 15 is 0 Å². The first-order valence-electron chi connectivity index (χ1n) is 5.07. The van der Waals surface area contributed by atoms with Crippen LogP contribution in [0.25, 0.3) is 0 Å². The largest absolute Gasteiger partial charge is 0.303 e. The summed E-state index contributed by atoms with van der Waals surface area (Å²) in [5.74, 6) is 0.927. The van der Waals surface area contributed by atoms with Crippen LogP contribution in [0.3, 0.4) is 0 Å². The minimum Gasteiger partial charge on any atom is -0.303 e. The lowest BCUT2D eigenvalue weighted by Crippen LogP contribution is -2.06. The van der Waals surface area contributed by atoms with Crippen molar-refractivity contribution in [3.05, 3.63) is 48.0 Å². The molecule has 1 aliphatic rings. The lowest BCUT2D eigenvalue weighted by atomic mass is 9.87. The first-order chi connectivity index (χ1) is 6.92. The predicted octanol–water partition coefficient (Wildman–Crippen LogP) is 2.94. The van der Waals surface area contributed by atoms with E-state index in [-0.39, 0.29) is 0 Å². The fourth-order valence-electron chi connectivity index (χ4n) is 2.13. The van der Waals surface area contributed by atoms with Crippen LogP contribution in [0.15, 0.2) is 42.5 Å². The van der Waals surface area contributed by atoms with E-state index in [0.29, 0.717) is 18.3 Å². The van der Waals surface area contributed by atoms with Crippen molar-refractivity contribution in [2.75, 3.05) is 0 Å². The first kappa shape index (κ1) is 9.20. The molecule has 0 saturated carbocycles. The van der Waals surface area contributed by atoms with Crippen LogP contribution >= 0.6 is 0 Å². The molecule has 0 bridgehead atoms. The number of hydrogen-bond donors (Lipinski definition) is 0. The van der Waals surface area contributed by atoms with Gasteiger partial charge < -0.3 is 4.79 Å². The molecular weight excluding hydrogens is 172 g/mol. The maximum absolute atomic E-state index is 10.5. The molecule has 0 aromatic heterocycles. The fraction of sp³-hybridized carbons (Fsp3) is 0.308. The molecule has 0 fully saturated rings. The molecule has 1 aromatic carbocycles. The monoisotopic (exact) mass is 186 g/mol. The van der Waals surface area contributed by atoms with Gasteiger partial charge in [0.1, 0.15) is 6.29 Å². The summed E-state index contributed by atoms with van der Waals surface area (Å²) in [5, 5.41) is 0. The molecule has 0 aliphatic heterocycles. The van der Waals surface area contributed by atoms with Crippen LogP contribution in [0.1, 0.15) is 24.3 Å². The van der Waals surface area contributed by atoms with Crippen LogP contribution < -0.4 is 0 Å². The van der Waals surface area contributed by atoms with Crippen molar-refractivity contribution in [1.82, 2.24) is 0 Å². The van der Waals surface area contributed by atoms with Crippen molar-refractivity contribution in [3.8, 4) is 0 Å². The van der Waals surface area contributed by atoms with Crippen molar-refractivity contribution in [2.24, 2.45) is 5.92 Å². The maximum Gasteiger partial charge on any atom is 0.120 e. The van der Waals surface area contributed by atoms with Crippen molar-refractivity contribution < 1.29 is 4.79 Å². The summed E-state index contributed by atoms with van der Waals surface area (Å²) in [7, 11) is 0. The van der Waals surface area contributed by atoms with E-state index < -0.39 is 0 Å². The summed E-state index contributed by atoms with van der Waals surface area (Å²) in [6.07, 6.45) is 7.16. The summed E-state index contributed by atoms with van der Waals surface area (Å²) >= 11 is 0. The number of carbonyl (C=O) groups is 1. The number of benzene rings is 1. The zero-order valence-corrected chi connectivity index (χ0v) is 8.10. The second-order valence-electron chi connectivity index (χ2n) is 3.76. The van der Waals surface area contributed by atoms with E-state index in [4.69, 9.17) is 0 Å². The molecule has 1 aromatic rings. The van der Waals surface area contributed by atoms with E-state index in [0.717, 1.165) is 12.7 Å². The Labute approximate surface area is 84.5 Å². The summed E-state index contributed by atoms with van der Waals surface area (Å²) in [6, 6.07) is 10.4. The topological polar surface area (TPSA) is 17.1 Å². The molecule has 0 N–H and O–H groups in total. The van der Waals surface area contributed by atoms with Gasteiger partial charge in [0.2, 0.25) is 0 Å². The predicted molar refractivity (Wildman–Crippen MR) is 57.1 cm³/mol. The van der Waals surface area contributed by atoms with E-state index in [1.807, 2.05) is 6.07 Å². The molecule has 72 valence electrons. The van der Waals surface area contributed by atoms with Gasteiger partial charge in [-0.15, -0.1) is 0 Å². The van der Waals surface area contributed by atoms with Crippen LogP contribution in [0.5, 0.6) is 0 Å². The Balaban J connectivity index is 2.17. The van der Waals surface area contributed by atoms with Gasteiger partial charge in [-0.1, -0.05) is 42.5 Å². The van der Waals surface area contributed by atoms with Crippen molar-refractivity contribution in [1.29, 1.82) is 0 Å². The van der Waals surface area contributed by atoms with Gasteiger partial charge in [0.15, 0.2) is 0 Å². The second-order valence-corrected chi connectivity index (χ2v) is 3.76. The highest BCUT2D eigenvalue weighted by atomic mass is 16.1. The number of allylic oxidation sites excluding steroid dienone is 2. The van der Waals surface area contributed by atoms with Crippen LogP contribution in [0.4, 0.5) is 0 Å². The Morgan fingerprint density at radius 1 is 1.29 bits per heavy atom. The smallest absolute Gasteiger partial charge is 0.120 e. The number of carbonyl (C=O) groups excluding carboxylic acids is 1. The van der Waals surface area contributed by atoms with Gasteiger partial charge in [0.05, 0.1) is 0 Å². The van der Waals surface area contributed by atoms with E-state index in [2.05, 4.69) is 36.4 Å². The first-order valence-corrected chi connectivity index (χ1v) is 5.07. The van der Waals surface area contributed by atoms with E-state index in [1.54, 1.807) is 0 Å². The lowest BCUT2D eigenvalue weighted by Gasteiger charge is -2.16. The third-order valence-corrected chi connectivity index (χ3v) is 2.87. The van der Waals surface area contributed by atoms with Crippen LogP contribution in [-0.2, 0) is 4.79 Å². The average Bonchev–Trinajstić information content (AvgIpc) is 2.68. The molecule has 2 atom stereocenters. The molecule has 1 nitrogen and oxygen atoms in total. The quantitative estimate of drug-likeness (QED) is 0.524. The van der Waals surface area contributed by atoms with Crippen LogP contribution in [-0.4, -0.2) is 6.29 Å². The highest BCUT2D eigenvalue weighted by Crippen LogP contribution is 2.35. The third-order valence-electron chi connectivity index (χ3n) is 2.87. The number of aldehydes is 1. The van der Waals surface area contributed by atoms with Crippen molar-refractivity contribution >= 4 is 6.29 Å². The summed E-state index contributed by atoms with van der Waals surface area (Å²) in [5.41, 5.74) is 1.33. The number of hydrogen-bond acceptors (Lipinski definition) is 1. The zero-order chi connectivity index (χ0) is 9.80. The minimum absolute atomic E-state index is 0.446. The van der Waals surface area contributed by atoms with Crippen LogP contribution in [0, 0.1) is 5.92 Å². The SMILES string of the molecule is O=CCC1CC=CC1c1ccccc1. The molecule has 2 unspecified atom stereocenters. The maximum atomic E-state index is 10.5. The summed E-state index contributed by atoms with van der Waals surface area (Å²) in [6.45, 7) is 0. The Morgan fingerprint density at radius 2 is 2.07 bits per heavy atom. The molecule has 1 heteroatoms. The molecule has 0 heterocycles. The van der Waals surface area contributed by atoms with Crippen molar-refractivity contribution in [2.45, 2.75) is 18.8 Å². The van der Waals surface area contributed by atoms with Crippen molar-refractivity contribution in [3.63, 3.8) is 0 Å². The van der Waals surface area contributed by atoms with Gasteiger partial charge in [0.25, 0.3) is 0 Å². The highest BCUT2D eigenvalue weighted by molar-refractivity contribution is 5.51. The van der Waals surface area contributed by atoms with Gasteiger partial charge in [-0.05, 0) is 17.9 Å². The summed E-state index contributed by atoms with van der Waals surface area (Å²) < 4.78 is 0. The Hall–Kier alpha value is -1.37. The Kier molecular flexibility index (Phi) is 2.78. The third kappa shape index (κ3) is 1.77. The average molecular weight is 186 g/mol. The highest BCUT2D eigenvalue weighted by Gasteiger charge is 2.23. The van der Waals surface area contributed by atoms with Gasteiger partial charge in [0, 0.05) is 12.3 Å². The normalized spacial score (nSPS) is 25.1. The second kappa shape index (κ2) is 4.23. The van der Waals surface area contributed by atoms with Crippen LogP contribution in [0.2, 0.25) is 0 Å². The number of rotatable bonds is 3. The molecule has 1 aliphatic carbocycles. The zero-order valence-electron chi connectivity index (χ0n) is 8.10. The van der Waals surface area contributed by atoms with Gasteiger partial charge in [-0.2, -0.15) is 0 Å². The fourth-order valence-corrected chi connectivity index (χ4v) is 2.13. The molecular formula is C13H14O. The van der Waals surface area contributed by atoms with E-state index in [9.17, 15) is 4.79 Å². The van der Waals surface area contributed by atoms with Gasteiger partial charge in [-0.3, -0.25) is 0 Å². The lowest BCUT2D eigenvalue weighted by molar-refractivity contribution is -0.108. The standard InChI is InChI=1S/C13H14O/c14-10-9-12-7-4-8-13(12)11-5-2-1-3-6-11/h1-6,8,10,12-13H,7,9H2. The Bertz CT molecular complexity index is 326. The Morgan fingerprint density at radius 3 is 2.79 bits per heavy atom. The molecule has 14 heavy (non-hydrogen) atoms. The van der Waals surface area contributed by atoms with Gasteiger partial charge >= 0.3 is 0 Å². The minimum atomic E-state index is 0.446.